The summed E-state index contributed by atoms with van der Waals surface area (Å²) in [7, 11) is 0. The quantitative estimate of drug-likeness (QED) is 0.771. The Morgan fingerprint density at radius 2 is 2.00 bits per heavy atom. The van der Waals surface area contributed by atoms with Gasteiger partial charge in [-0.05, 0) is 13.8 Å². The molecule has 3 N–H and O–H groups in total. The maximum absolute atomic E-state index is 5.80. The Labute approximate surface area is 85.0 Å². The smallest absolute Gasteiger partial charge is 0.135 e. The van der Waals surface area contributed by atoms with Crippen molar-refractivity contribution in [3.63, 3.8) is 0 Å². The largest absolute Gasteiger partial charge is 0.383 e. The van der Waals surface area contributed by atoms with Gasteiger partial charge in [0.25, 0.3) is 0 Å². The van der Waals surface area contributed by atoms with Crippen molar-refractivity contribution >= 4 is 11.6 Å². The molecule has 0 fully saturated rings. The van der Waals surface area contributed by atoms with Crippen molar-refractivity contribution in [1.82, 2.24) is 9.97 Å². The predicted octanol–water partition coefficient (Wildman–Crippen LogP) is 1.92. The minimum absolute atomic E-state index is 0.301. The maximum atomic E-state index is 5.80. The molecule has 0 saturated heterocycles. The van der Waals surface area contributed by atoms with E-state index in [1.807, 2.05) is 13.8 Å². The van der Waals surface area contributed by atoms with Gasteiger partial charge in [-0.1, -0.05) is 13.8 Å². The molecule has 0 bridgehead atoms. The third-order valence-electron chi connectivity index (χ3n) is 2.06. The minimum atomic E-state index is 0.301. The summed E-state index contributed by atoms with van der Waals surface area (Å²) in [6.07, 6.45) is 0. The molecule has 0 aromatic carbocycles. The van der Waals surface area contributed by atoms with E-state index >= 15 is 0 Å². The third kappa shape index (κ3) is 2.13. The fraction of sp³-hybridized carbons (Fsp3) is 0.600. The van der Waals surface area contributed by atoms with E-state index in [2.05, 4.69) is 29.1 Å². The van der Waals surface area contributed by atoms with Gasteiger partial charge in [0.05, 0.1) is 0 Å². The van der Waals surface area contributed by atoms with Crippen LogP contribution in [0.25, 0.3) is 0 Å². The average molecular weight is 194 g/mol. The Morgan fingerprint density at radius 1 is 1.36 bits per heavy atom. The normalized spacial score (nSPS) is 10.6. The SMILES string of the molecule is CCNc1nc(C(C)C)nc(N)c1C. The molecular weight excluding hydrogens is 176 g/mol. The zero-order chi connectivity index (χ0) is 10.7. The number of hydrogen-bond donors (Lipinski definition) is 2. The second-order valence-electron chi connectivity index (χ2n) is 3.63. The molecule has 0 amide bonds. The van der Waals surface area contributed by atoms with Crippen LogP contribution < -0.4 is 11.1 Å². The monoisotopic (exact) mass is 194 g/mol. The van der Waals surface area contributed by atoms with E-state index in [9.17, 15) is 0 Å². The summed E-state index contributed by atoms with van der Waals surface area (Å²) in [5.41, 5.74) is 6.73. The van der Waals surface area contributed by atoms with Crippen LogP contribution in [0.5, 0.6) is 0 Å². The Bertz CT molecular complexity index is 320. The van der Waals surface area contributed by atoms with Crippen LogP contribution in [0.15, 0.2) is 0 Å². The molecule has 4 heteroatoms. The lowest BCUT2D eigenvalue weighted by Gasteiger charge is -2.12. The van der Waals surface area contributed by atoms with Crippen molar-refractivity contribution in [2.45, 2.75) is 33.6 Å². The third-order valence-corrected chi connectivity index (χ3v) is 2.06. The summed E-state index contributed by atoms with van der Waals surface area (Å²) in [4.78, 5) is 8.66. The summed E-state index contributed by atoms with van der Waals surface area (Å²) >= 11 is 0. The number of hydrogen-bond acceptors (Lipinski definition) is 4. The molecule has 0 saturated carbocycles. The average Bonchev–Trinajstić information content (AvgIpc) is 2.12. The van der Waals surface area contributed by atoms with E-state index in [0.717, 1.165) is 23.8 Å². The van der Waals surface area contributed by atoms with Gasteiger partial charge in [-0.25, -0.2) is 9.97 Å². The first-order valence-electron chi connectivity index (χ1n) is 4.94. The second kappa shape index (κ2) is 4.26. The van der Waals surface area contributed by atoms with Crippen LogP contribution in [0.4, 0.5) is 11.6 Å². The molecule has 1 rings (SSSR count). The molecule has 0 atom stereocenters. The number of nitrogens with two attached hydrogens (primary N) is 1. The van der Waals surface area contributed by atoms with Gasteiger partial charge in [0.2, 0.25) is 0 Å². The zero-order valence-corrected chi connectivity index (χ0v) is 9.26. The van der Waals surface area contributed by atoms with Gasteiger partial charge < -0.3 is 11.1 Å². The topological polar surface area (TPSA) is 63.8 Å². The molecule has 1 aromatic heterocycles. The van der Waals surface area contributed by atoms with Gasteiger partial charge in [-0.2, -0.15) is 0 Å². The van der Waals surface area contributed by atoms with Crippen LogP contribution in [0.1, 0.15) is 38.1 Å². The van der Waals surface area contributed by atoms with Crippen molar-refractivity contribution in [2.75, 3.05) is 17.6 Å². The van der Waals surface area contributed by atoms with E-state index in [4.69, 9.17) is 5.73 Å². The number of rotatable bonds is 3. The number of nitrogen functional groups attached to an aromatic ring is 1. The van der Waals surface area contributed by atoms with Gasteiger partial charge >= 0.3 is 0 Å². The van der Waals surface area contributed by atoms with E-state index < -0.39 is 0 Å². The van der Waals surface area contributed by atoms with Crippen LogP contribution in [-0.2, 0) is 0 Å². The van der Waals surface area contributed by atoms with Crippen molar-refractivity contribution in [2.24, 2.45) is 0 Å². The van der Waals surface area contributed by atoms with E-state index in [-0.39, 0.29) is 0 Å². The summed E-state index contributed by atoms with van der Waals surface area (Å²) < 4.78 is 0. The van der Waals surface area contributed by atoms with Gasteiger partial charge in [-0.15, -0.1) is 0 Å². The highest BCUT2D eigenvalue weighted by molar-refractivity contribution is 5.54. The lowest BCUT2D eigenvalue weighted by molar-refractivity contribution is 0.775. The summed E-state index contributed by atoms with van der Waals surface area (Å²) in [5, 5.41) is 3.18. The molecule has 4 nitrogen and oxygen atoms in total. The van der Waals surface area contributed by atoms with E-state index in [0.29, 0.717) is 11.7 Å². The lowest BCUT2D eigenvalue weighted by Crippen LogP contribution is -2.10. The Hall–Kier alpha value is -1.32. The molecule has 0 aliphatic carbocycles. The van der Waals surface area contributed by atoms with Crippen LogP contribution >= 0.6 is 0 Å². The first-order chi connectivity index (χ1) is 6.56. The van der Waals surface area contributed by atoms with Crippen LogP contribution in [0.2, 0.25) is 0 Å². The van der Waals surface area contributed by atoms with Crippen molar-refractivity contribution in [3.05, 3.63) is 11.4 Å². The highest BCUT2D eigenvalue weighted by Gasteiger charge is 2.09. The number of anilines is 2. The molecule has 1 aromatic rings. The molecule has 1 heterocycles. The molecule has 14 heavy (non-hydrogen) atoms. The van der Waals surface area contributed by atoms with Crippen LogP contribution in [-0.4, -0.2) is 16.5 Å². The predicted molar refractivity (Wildman–Crippen MR) is 59.4 cm³/mol. The van der Waals surface area contributed by atoms with Crippen LogP contribution in [0.3, 0.4) is 0 Å². The first kappa shape index (κ1) is 10.8. The lowest BCUT2D eigenvalue weighted by atomic mass is 10.2. The number of nitrogens with one attached hydrogen (secondary N) is 1. The zero-order valence-electron chi connectivity index (χ0n) is 9.26. The fourth-order valence-corrected chi connectivity index (χ4v) is 1.15. The van der Waals surface area contributed by atoms with E-state index in [1.54, 1.807) is 0 Å². The summed E-state index contributed by atoms with van der Waals surface area (Å²) in [6, 6.07) is 0. The summed E-state index contributed by atoms with van der Waals surface area (Å²) in [6.45, 7) is 8.92. The Morgan fingerprint density at radius 3 is 2.50 bits per heavy atom. The Kier molecular flexibility index (Phi) is 3.28. The molecule has 0 spiro atoms. The van der Waals surface area contributed by atoms with Crippen LogP contribution in [0, 0.1) is 6.92 Å². The number of aromatic nitrogens is 2. The number of nitrogens with zero attached hydrogens (tertiary/aromatic N) is 2. The molecule has 0 unspecified atom stereocenters. The molecule has 0 radical (unpaired) electrons. The molecule has 78 valence electrons. The molecular formula is C10H18N4. The summed E-state index contributed by atoms with van der Waals surface area (Å²) in [5.74, 6) is 2.52. The molecule has 0 aliphatic rings. The van der Waals surface area contributed by atoms with Gasteiger partial charge in [-0.3, -0.25) is 0 Å². The van der Waals surface area contributed by atoms with Gasteiger partial charge in [0.15, 0.2) is 0 Å². The maximum Gasteiger partial charge on any atom is 0.135 e. The minimum Gasteiger partial charge on any atom is -0.383 e. The van der Waals surface area contributed by atoms with Crippen molar-refractivity contribution in [1.29, 1.82) is 0 Å². The van der Waals surface area contributed by atoms with Gasteiger partial charge in [0, 0.05) is 18.0 Å². The fourth-order valence-electron chi connectivity index (χ4n) is 1.15. The van der Waals surface area contributed by atoms with Crippen molar-refractivity contribution < 1.29 is 0 Å². The first-order valence-corrected chi connectivity index (χ1v) is 4.94. The Balaban J connectivity index is 3.14. The van der Waals surface area contributed by atoms with Crippen molar-refractivity contribution in [3.8, 4) is 0 Å². The van der Waals surface area contributed by atoms with E-state index in [1.165, 1.54) is 0 Å². The highest BCUT2D eigenvalue weighted by Crippen LogP contribution is 2.20. The molecule has 0 aliphatic heterocycles. The highest BCUT2D eigenvalue weighted by atomic mass is 15.1. The van der Waals surface area contributed by atoms with Gasteiger partial charge in [0.1, 0.15) is 17.5 Å². The second-order valence-corrected chi connectivity index (χ2v) is 3.63. The standard InChI is InChI=1S/C10H18N4/c1-5-12-10-7(4)8(11)13-9(14-10)6(2)3/h6H,5H2,1-4H3,(H3,11,12,13,14).